The van der Waals surface area contributed by atoms with Gasteiger partial charge in [0.2, 0.25) is 0 Å². The highest BCUT2D eigenvalue weighted by Gasteiger charge is 2.20. The third-order valence-corrected chi connectivity index (χ3v) is 4.88. The van der Waals surface area contributed by atoms with Crippen molar-refractivity contribution < 1.29 is 14.3 Å². The van der Waals surface area contributed by atoms with Crippen molar-refractivity contribution in [2.75, 3.05) is 5.32 Å². The van der Waals surface area contributed by atoms with E-state index in [1.165, 1.54) is 19.1 Å². The minimum atomic E-state index is -1.18. The smallest absolute Gasteiger partial charge is 0.328 e. The van der Waals surface area contributed by atoms with Crippen LogP contribution in [0.5, 0.6) is 0 Å². The van der Waals surface area contributed by atoms with Crippen molar-refractivity contribution in [2.45, 2.75) is 19.6 Å². The molecule has 1 aromatic heterocycles. The summed E-state index contributed by atoms with van der Waals surface area (Å²) in [5.74, 6) is -1.51. The molecule has 0 fully saturated rings. The number of anilines is 1. The summed E-state index contributed by atoms with van der Waals surface area (Å²) in [6, 6.07) is 10.9. The highest BCUT2D eigenvalue weighted by molar-refractivity contribution is 6.44. The number of carbonyl (C=O) groups excluding carboxylic acids is 2. The van der Waals surface area contributed by atoms with E-state index in [4.69, 9.17) is 27.9 Å². The standard InChI is InChI=1S/C19H15Cl2N3O5/c1-10(17(26)22-14-8-4-7-13(20)16(14)21)29-15(25)9-24-19(28)12-6-3-2-5-11(12)18(27)23-24/h2-8,10H,9H2,1H3,(H,22,26)(H,23,27). The van der Waals surface area contributed by atoms with Crippen LogP contribution in [-0.4, -0.2) is 27.8 Å². The Morgan fingerprint density at radius 3 is 2.52 bits per heavy atom. The molecule has 0 aliphatic carbocycles. The number of halogens is 2. The van der Waals surface area contributed by atoms with Gasteiger partial charge in [0.1, 0.15) is 6.54 Å². The molecule has 1 amide bonds. The van der Waals surface area contributed by atoms with Crippen molar-refractivity contribution >= 4 is 51.5 Å². The molecule has 10 heteroatoms. The largest absolute Gasteiger partial charge is 0.451 e. The second-order valence-corrected chi connectivity index (χ2v) is 6.89. The fourth-order valence-electron chi connectivity index (χ4n) is 2.61. The van der Waals surface area contributed by atoms with Crippen LogP contribution >= 0.6 is 23.2 Å². The minimum Gasteiger partial charge on any atom is -0.451 e. The number of esters is 1. The molecule has 1 unspecified atom stereocenters. The Morgan fingerprint density at radius 2 is 1.79 bits per heavy atom. The van der Waals surface area contributed by atoms with Crippen LogP contribution in [-0.2, 0) is 20.9 Å². The number of carbonyl (C=O) groups is 2. The molecule has 3 aromatic rings. The van der Waals surface area contributed by atoms with E-state index in [0.29, 0.717) is 0 Å². The fourth-order valence-corrected chi connectivity index (χ4v) is 2.96. The van der Waals surface area contributed by atoms with E-state index in [2.05, 4.69) is 10.4 Å². The third kappa shape index (κ3) is 4.49. The van der Waals surface area contributed by atoms with Gasteiger partial charge < -0.3 is 10.1 Å². The maximum absolute atomic E-state index is 12.4. The first-order chi connectivity index (χ1) is 13.8. The van der Waals surface area contributed by atoms with E-state index in [1.807, 2.05) is 0 Å². The van der Waals surface area contributed by atoms with Gasteiger partial charge in [0, 0.05) is 0 Å². The number of aromatic amines is 1. The lowest BCUT2D eigenvalue weighted by Crippen LogP contribution is -2.36. The predicted molar refractivity (Wildman–Crippen MR) is 109 cm³/mol. The number of amides is 1. The molecule has 0 aliphatic rings. The number of hydrogen-bond donors (Lipinski definition) is 2. The summed E-state index contributed by atoms with van der Waals surface area (Å²) in [7, 11) is 0. The number of H-pyrrole nitrogens is 1. The molecule has 0 saturated heterocycles. The van der Waals surface area contributed by atoms with Crippen molar-refractivity contribution in [3.8, 4) is 0 Å². The Morgan fingerprint density at radius 1 is 1.10 bits per heavy atom. The number of hydrogen-bond acceptors (Lipinski definition) is 5. The van der Waals surface area contributed by atoms with E-state index in [1.54, 1.807) is 30.3 Å². The van der Waals surface area contributed by atoms with E-state index in [-0.39, 0.29) is 26.5 Å². The van der Waals surface area contributed by atoms with Crippen molar-refractivity contribution in [3.05, 3.63) is 73.2 Å². The molecule has 0 radical (unpaired) electrons. The maximum atomic E-state index is 12.4. The third-order valence-electron chi connectivity index (χ3n) is 4.06. The Labute approximate surface area is 174 Å². The van der Waals surface area contributed by atoms with Crippen molar-refractivity contribution in [3.63, 3.8) is 0 Å². The van der Waals surface area contributed by atoms with Gasteiger partial charge in [-0.05, 0) is 31.2 Å². The van der Waals surface area contributed by atoms with Crippen molar-refractivity contribution in [2.24, 2.45) is 0 Å². The van der Waals surface area contributed by atoms with E-state index in [9.17, 15) is 19.2 Å². The van der Waals surface area contributed by atoms with Crippen LogP contribution in [0.3, 0.4) is 0 Å². The number of fused-ring (bicyclic) bond motifs is 1. The molecule has 0 bridgehead atoms. The number of aromatic nitrogens is 2. The van der Waals surface area contributed by atoms with Crippen LogP contribution in [0.4, 0.5) is 5.69 Å². The van der Waals surface area contributed by atoms with Gasteiger partial charge in [0.05, 0.1) is 26.5 Å². The van der Waals surface area contributed by atoms with Gasteiger partial charge >= 0.3 is 5.97 Å². The highest BCUT2D eigenvalue weighted by atomic mass is 35.5. The average Bonchev–Trinajstić information content (AvgIpc) is 2.69. The number of benzene rings is 2. The SMILES string of the molecule is CC(OC(=O)Cn1[nH]c(=O)c2ccccc2c1=O)C(=O)Nc1cccc(Cl)c1Cl. The number of ether oxygens (including phenoxy) is 1. The van der Waals surface area contributed by atoms with E-state index < -0.39 is 35.6 Å². The molecular weight excluding hydrogens is 421 g/mol. The van der Waals surface area contributed by atoms with E-state index >= 15 is 0 Å². The summed E-state index contributed by atoms with van der Waals surface area (Å²) in [5.41, 5.74) is -0.809. The van der Waals surface area contributed by atoms with Crippen molar-refractivity contribution in [1.29, 1.82) is 0 Å². The van der Waals surface area contributed by atoms with Crippen LogP contribution in [0, 0.1) is 0 Å². The lowest BCUT2D eigenvalue weighted by Gasteiger charge is -2.15. The summed E-state index contributed by atoms with van der Waals surface area (Å²) in [4.78, 5) is 48.9. The molecule has 8 nitrogen and oxygen atoms in total. The molecule has 29 heavy (non-hydrogen) atoms. The second kappa shape index (κ2) is 8.50. The Bertz CT molecular complexity index is 1220. The van der Waals surface area contributed by atoms with E-state index in [0.717, 1.165) is 4.68 Å². The molecule has 1 heterocycles. The zero-order chi connectivity index (χ0) is 21.1. The fraction of sp³-hybridized carbons (Fsp3) is 0.158. The summed E-state index contributed by atoms with van der Waals surface area (Å²) >= 11 is 11.9. The normalized spacial score (nSPS) is 11.8. The molecule has 0 aliphatic heterocycles. The quantitative estimate of drug-likeness (QED) is 0.598. The van der Waals surface area contributed by atoms with Gasteiger partial charge in [0.15, 0.2) is 6.10 Å². The predicted octanol–water partition coefficient (Wildman–Crippen LogP) is 2.57. The second-order valence-electron chi connectivity index (χ2n) is 6.10. The van der Waals surface area contributed by atoms with Gasteiger partial charge in [0.25, 0.3) is 17.0 Å². The highest BCUT2D eigenvalue weighted by Crippen LogP contribution is 2.29. The lowest BCUT2D eigenvalue weighted by atomic mass is 10.2. The number of nitrogens with one attached hydrogen (secondary N) is 2. The molecule has 0 spiro atoms. The van der Waals surface area contributed by atoms with Gasteiger partial charge in [-0.3, -0.25) is 24.3 Å². The first-order valence-electron chi connectivity index (χ1n) is 8.44. The van der Waals surface area contributed by atoms with Gasteiger partial charge in [-0.25, -0.2) is 4.68 Å². The van der Waals surface area contributed by atoms with Gasteiger partial charge in [-0.2, -0.15) is 0 Å². The molecule has 2 N–H and O–H groups in total. The van der Waals surface area contributed by atoms with Crippen LogP contribution in [0.25, 0.3) is 10.8 Å². The topological polar surface area (TPSA) is 110 Å². The molecule has 0 saturated carbocycles. The van der Waals surface area contributed by atoms with Gasteiger partial charge in [-0.15, -0.1) is 0 Å². The first kappa shape index (κ1) is 20.6. The summed E-state index contributed by atoms with van der Waals surface area (Å²) in [5, 5.41) is 5.63. The zero-order valence-corrected chi connectivity index (χ0v) is 16.6. The Balaban J connectivity index is 1.70. The summed E-state index contributed by atoms with van der Waals surface area (Å²) in [6.07, 6.45) is -1.18. The van der Waals surface area contributed by atoms with Crippen LogP contribution < -0.4 is 16.4 Å². The number of nitrogens with zero attached hydrogens (tertiary/aromatic N) is 1. The molecule has 2 aromatic carbocycles. The Hall–Kier alpha value is -3.10. The van der Waals surface area contributed by atoms with Crippen LogP contribution in [0.1, 0.15) is 6.92 Å². The molecule has 150 valence electrons. The molecule has 3 rings (SSSR count). The minimum absolute atomic E-state index is 0.154. The van der Waals surface area contributed by atoms with Gasteiger partial charge in [-0.1, -0.05) is 41.4 Å². The van der Waals surface area contributed by atoms with Crippen LogP contribution in [0.15, 0.2) is 52.1 Å². The number of rotatable bonds is 5. The Kier molecular flexibility index (Phi) is 6.05. The van der Waals surface area contributed by atoms with Crippen molar-refractivity contribution in [1.82, 2.24) is 9.78 Å². The first-order valence-corrected chi connectivity index (χ1v) is 9.19. The maximum Gasteiger partial charge on any atom is 0.328 e. The summed E-state index contributed by atoms with van der Waals surface area (Å²) in [6.45, 7) is 0.798. The monoisotopic (exact) mass is 435 g/mol. The molecular formula is C19H15Cl2N3O5. The zero-order valence-electron chi connectivity index (χ0n) is 15.1. The van der Waals surface area contributed by atoms with Crippen LogP contribution in [0.2, 0.25) is 10.0 Å². The molecule has 1 atom stereocenters. The lowest BCUT2D eigenvalue weighted by molar-refractivity contribution is -0.154. The average molecular weight is 436 g/mol. The summed E-state index contributed by atoms with van der Waals surface area (Å²) < 4.78 is 5.90.